The van der Waals surface area contributed by atoms with Crippen molar-refractivity contribution in [2.75, 3.05) is 7.05 Å². The Morgan fingerprint density at radius 3 is 2.19 bits per heavy atom. The molecule has 9 heteroatoms. The summed E-state index contributed by atoms with van der Waals surface area (Å²) in [5.74, 6) is -5.44. The number of nitrogens with zero attached hydrogens (tertiary/aromatic N) is 1. The molecule has 0 heterocycles. The van der Waals surface area contributed by atoms with E-state index < -0.39 is 46.8 Å². The van der Waals surface area contributed by atoms with Gasteiger partial charge in [-0.15, -0.1) is 0 Å². The number of ketones is 1. The summed E-state index contributed by atoms with van der Waals surface area (Å²) < 4.78 is 13.1. The van der Waals surface area contributed by atoms with Crippen molar-refractivity contribution in [3.8, 4) is 17.2 Å². The van der Waals surface area contributed by atoms with Gasteiger partial charge < -0.3 is 20.4 Å². The SMILES string of the molecule is CN(O)C(=O)C(=O)CC(O)(Cc1ccc(F)cc1)c1ccc(O)c(O)c1O. The van der Waals surface area contributed by atoms with Gasteiger partial charge in [0.1, 0.15) is 11.4 Å². The lowest BCUT2D eigenvalue weighted by Crippen LogP contribution is -2.38. The van der Waals surface area contributed by atoms with E-state index >= 15 is 0 Å². The van der Waals surface area contributed by atoms with Crippen molar-refractivity contribution in [1.29, 1.82) is 0 Å². The summed E-state index contributed by atoms with van der Waals surface area (Å²) in [6.45, 7) is 0. The minimum Gasteiger partial charge on any atom is -0.504 e. The minimum atomic E-state index is -2.20. The highest BCUT2D eigenvalue weighted by Gasteiger charge is 2.38. The average molecular weight is 379 g/mol. The fourth-order valence-corrected chi connectivity index (χ4v) is 2.66. The molecule has 2 rings (SSSR count). The predicted octanol–water partition coefficient (Wildman–Crippen LogP) is 1.18. The second-order valence-corrected chi connectivity index (χ2v) is 6.09. The van der Waals surface area contributed by atoms with Crippen LogP contribution in [-0.2, 0) is 21.6 Å². The molecule has 0 radical (unpaired) electrons. The third kappa shape index (κ3) is 4.33. The fourth-order valence-electron chi connectivity index (χ4n) is 2.66. The van der Waals surface area contributed by atoms with Crippen LogP contribution in [-0.4, -0.2) is 49.4 Å². The summed E-state index contributed by atoms with van der Waals surface area (Å²) in [7, 11) is 0.934. The largest absolute Gasteiger partial charge is 0.504 e. The lowest BCUT2D eigenvalue weighted by atomic mass is 9.82. The number of aliphatic hydroxyl groups is 1. The normalized spacial score (nSPS) is 13.0. The van der Waals surface area contributed by atoms with Crippen molar-refractivity contribution in [2.45, 2.75) is 18.4 Å². The summed E-state index contributed by atoms with van der Waals surface area (Å²) in [5, 5.41) is 49.6. The number of aromatic hydroxyl groups is 3. The lowest BCUT2D eigenvalue weighted by molar-refractivity contribution is -0.167. The predicted molar refractivity (Wildman–Crippen MR) is 89.6 cm³/mol. The Morgan fingerprint density at radius 2 is 1.63 bits per heavy atom. The number of carbonyl (C=O) groups excluding carboxylic acids is 2. The smallest absolute Gasteiger partial charge is 0.313 e. The molecule has 0 saturated heterocycles. The number of hydroxylamine groups is 2. The zero-order valence-corrected chi connectivity index (χ0v) is 14.3. The van der Waals surface area contributed by atoms with Crippen LogP contribution < -0.4 is 0 Å². The fraction of sp³-hybridized carbons (Fsp3) is 0.222. The van der Waals surface area contributed by atoms with E-state index in [0.29, 0.717) is 5.56 Å². The summed E-state index contributed by atoms with van der Waals surface area (Å²) >= 11 is 0. The number of likely N-dealkylation sites (N-methyl/N-ethyl adjacent to an activating group) is 1. The number of hydrogen-bond acceptors (Lipinski definition) is 7. The maximum atomic E-state index is 13.1. The molecule has 0 fully saturated rings. The van der Waals surface area contributed by atoms with Gasteiger partial charge in [-0.3, -0.25) is 14.8 Å². The van der Waals surface area contributed by atoms with Crippen molar-refractivity contribution in [3.05, 3.63) is 53.3 Å². The topological polar surface area (TPSA) is 139 Å². The van der Waals surface area contributed by atoms with E-state index in [1.54, 1.807) is 0 Å². The van der Waals surface area contributed by atoms with Gasteiger partial charge in [0.15, 0.2) is 11.5 Å². The Hall–Kier alpha value is -3.17. The van der Waals surface area contributed by atoms with Gasteiger partial charge in [0.05, 0.1) is 0 Å². The van der Waals surface area contributed by atoms with Gasteiger partial charge in [0, 0.05) is 25.5 Å². The van der Waals surface area contributed by atoms with Gasteiger partial charge in [-0.2, -0.15) is 0 Å². The quantitative estimate of drug-likeness (QED) is 0.220. The molecule has 0 bridgehead atoms. The molecule has 0 spiro atoms. The first-order valence-electron chi connectivity index (χ1n) is 7.76. The van der Waals surface area contributed by atoms with Gasteiger partial charge in [-0.1, -0.05) is 12.1 Å². The number of rotatable bonds is 6. The van der Waals surface area contributed by atoms with Gasteiger partial charge >= 0.3 is 5.91 Å². The molecule has 1 unspecified atom stereocenters. The molecule has 0 saturated carbocycles. The van der Waals surface area contributed by atoms with E-state index in [1.807, 2.05) is 0 Å². The highest BCUT2D eigenvalue weighted by molar-refractivity contribution is 6.35. The Labute approximate surface area is 153 Å². The third-order valence-electron chi connectivity index (χ3n) is 4.03. The highest BCUT2D eigenvalue weighted by atomic mass is 19.1. The standard InChI is InChI=1S/C18H18FNO7/c1-20(27)17(25)14(22)9-18(26,8-10-2-4-11(19)5-3-10)12-6-7-13(21)16(24)15(12)23/h2-7,21,23-24,26-27H,8-9H2,1H3. The molecule has 0 aliphatic carbocycles. The van der Waals surface area contributed by atoms with Gasteiger partial charge in [-0.25, -0.2) is 9.45 Å². The van der Waals surface area contributed by atoms with E-state index in [-0.39, 0.29) is 17.0 Å². The van der Waals surface area contributed by atoms with Crippen LogP contribution in [0, 0.1) is 5.82 Å². The van der Waals surface area contributed by atoms with Crippen LogP contribution in [0.4, 0.5) is 4.39 Å². The van der Waals surface area contributed by atoms with Crippen molar-refractivity contribution < 1.29 is 39.6 Å². The Balaban J connectivity index is 2.50. The number of carbonyl (C=O) groups is 2. The van der Waals surface area contributed by atoms with Crippen LogP contribution in [0.15, 0.2) is 36.4 Å². The van der Waals surface area contributed by atoms with E-state index in [0.717, 1.165) is 31.3 Å². The molecule has 0 aromatic heterocycles. The van der Waals surface area contributed by atoms with Crippen LogP contribution in [0.1, 0.15) is 17.5 Å². The number of Topliss-reactive ketones (excluding diaryl/α,β-unsaturated/α-hetero) is 1. The Morgan fingerprint density at radius 1 is 1.04 bits per heavy atom. The van der Waals surface area contributed by atoms with Crippen LogP contribution >= 0.6 is 0 Å². The van der Waals surface area contributed by atoms with Crippen molar-refractivity contribution in [2.24, 2.45) is 0 Å². The first kappa shape index (κ1) is 20.1. The van der Waals surface area contributed by atoms with E-state index in [2.05, 4.69) is 0 Å². The molecule has 0 aliphatic heterocycles. The maximum absolute atomic E-state index is 13.1. The lowest BCUT2D eigenvalue weighted by Gasteiger charge is -2.29. The summed E-state index contributed by atoms with van der Waals surface area (Å²) in [5.41, 5.74) is -2.16. The minimum absolute atomic E-state index is 0.0504. The van der Waals surface area contributed by atoms with Crippen molar-refractivity contribution >= 4 is 11.7 Å². The molecule has 2 aromatic rings. The summed E-state index contributed by atoms with van der Waals surface area (Å²) in [6.07, 6.45) is -1.19. The molecule has 27 heavy (non-hydrogen) atoms. The molecule has 1 atom stereocenters. The van der Waals surface area contributed by atoms with Crippen molar-refractivity contribution in [1.82, 2.24) is 5.06 Å². The molecule has 1 amide bonds. The molecule has 8 nitrogen and oxygen atoms in total. The van der Waals surface area contributed by atoms with E-state index in [1.165, 1.54) is 12.1 Å². The van der Waals surface area contributed by atoms with E-state index in [9.17, 15) is 34.4 Å². The number of benzene rings is 2. The number of phenols is 3. The van der Waals surface area contributed by atoms with Gasteiger partial charge in [0.2, 0.25) is 11.5 Å². The van der Waals surface area contributed by atoms with Crippen LogP contribution in [0.25, 0.3) is 0 Å². The number of phenolic OH excluding ortho intramolecular Hbond substituents is 3. The maximum Gasteiger partial charge on any atom is 0.313 e. The van der Waals surface area contributed by atoms with Crippen LogP contribution in [0.5, 0.6) is 17.2 Å². The molecule has 144 valence electrons. The Kier molecular flexibility index (Phi) is 5.67. The zero-order chi connectivity index (χ0) is 20.4. The first-order chi connectivity index (χ1) is 12.5. The van der Waals surface area contributed by atoms with Crippen LogP contribution in [0.2, 0.25) is 0 Å². The molecule has 5 N–H and O–H groups in total. The summed E-state index contributed by atoms with van der Waals surface area (Å²) in [6, 6.07) is 6.99. The number of amides is 1. The zero-order valence-electron chi connectivity index (χ0n) is 14.3. The second-order valence-electron chi connectivity index (χ2n) is 6.09. The van der Waals surface area contributed by atoms with Gasteiger partial charge in [0.25, 0.3) is 0 Å². The molecular weight excluding hydrogens is 361 g/mol. The first-order valence-corrected chi connectivity index (χ1v) is 7.76. The monoisotopic (exact) mass is 379 g/mol. The van der Waals surface area contributed by atoms with Crippen molar-refractivity contribution in [3.63, 3.8) is 0 Å². The third-order valence-corrected chi connectivity index (χ3v) is 4.03. The number of halogens is 1. The molecule has 0 aliphatic rings. The van der Waals surface area contributed by atoms with Crippen LogP contribution in [0.3, 0.4) is 0 Å². The van der Waals surface area contributed by atoms with Gasteiger partial charge in [-0.05, 0) is 29.8 Å². The molecule has 2 aromatic carbocycles. The summed E-state index contributed by atoms with van der Waals surface area (Å²) in [4.78, 5) is 23.8. The average Bonchev–Trinajstić information content (AvgIpc) is 2.60. The highest BCUT2D eigenvalue weighted by Crippen LogP contribution is 2.44. The second kappa shape index (κ2) is 7.60. The number of hydrogen-bond donors (Lipinski definition) is 5. The molecular formula is C18H18FNO7. The Bertz CT molecular complexity index is 867. The van der Waals surface area contributed by atoms with E-state index in [4.69, 9.17) is 5.21 Å².